The predicted molar refractivity (Wildman–Crippen MR) is 73.3 cm³/mol. The Hall–Kier alpha value is -1.55. The van der Waals surface area contributed by atoms with Gasteiger partial charge in [-0.1, -0.05) is 39.0 Å². The topological polar surface area (TPSA) is 58.6 Å². The molecule has 1 aliphatic rings. The third kappa shape index (κ3) is 2.32. The monoisotopic (exact) mass is 263 g/mol. The Balaban J connectivity index is 2.48. The highest BCUT2D eigenvalue weighted by Gasteiger charge is 2.49. The molecule has 0 aromatic heterocycles. The Bertz CT molecular complexity index is 472. The standard InChI is InChI=1S/C15H21NO3/c1-10(2)8-16-15(14(17)18)11(3)9-19-13-7-5-4-6-12(13)15/h4-7,10-11,16H,8-9H2,1-3H3,(H,17,18). The molecule has 2 unspecified atom stereocenters. The molecule has 2 rings (SSSR count). The van der Waals surface area contributed by atoms with Crippen LogP contribution < -0.4 is 10.1 Å². The summed E-state index contributed by atoms with van der Waals surface area (Å²) in [6.07, 6.45) is 0. The largest absolute Gasteiger partial charge is 0.493 e. The second kappa shape index (κ2) is 5.21. The molecule has 0 fully saturated rings. The van der Waals surface area contributed by atoms with E-state index in [0.717, 1.165) is 5.56 Å². The van der Waals surface area contributed by atoms with Crippen LogP contribution >= 0.6 is 0 Å². The summed E-state index contributed by atoms with van der Waals surface area (Å²) < 4.78 is 5.64. The molecule has 0 radical (unpaired) electrons. The maximum Gasteiger partial charge on any atom is 0.329 e. The minimum atomic E-state index is -1.06. The van der Waals surface area contributed by atoms with E-state index in [4.69, 9.17) is 4.74 Å². The van der Waals surface area contributed by atoms with Crippen molar-refractivity contribution in [2.75, 3.05) is 13.2 Å². The van der Waals surface area contributed by atoms with E-state index in [9.17, 15) is 9.90 Å². The predicted octanol–water partition coefficient (Wildman–Crippen LogP) is 2.24. The third-order valence-electron chi connectivity index (χ3n) is 3.67. The molecule has 0 bridgehead atoms. The van der Waals surface area contributed by atoms with Gasteiger partial charge >= 0.3 is 5.97 Å². The number of carboxylic acid groups (broad SMARTS) is 1. The lowest BCUT2D eigenvalue weighted by Gasteiger charge is -2.41. The van der Waals surface area contributed by atoms with Crippen LogP contribution in [0, 0.1) is 11.8 Å². The van der Waals surface area contributed by atoms with Gasteiger partial charge in [0, 0.05) is 11.5 Å². The van der Waals surface area contributed by atoms with Crippen molar-refractivity contribution >= 4 is 5.97 Å². The van der Waals surface area contributed by atoms with Gasteiger partial charge < -0.3 is 9.84 Å². The van der Waals surface area contributed by atoms with E-state index >= 15 is 0 Å². The van der Waals surface area contributed by atoms with Gasteiger partial charge in [-0.25, -0.2) is 4.79 Å². The molecule has 4 nitrogen and oxygen atoms in total. The van der Waals surface area contributed by atoms with E-state index in [1.54, 1.807) is 0 Å². The molecule has 0 aliphatic carbocycles. The van der Waals surface area contributed by atoms with Crippen LogP contribution in [0.1, 0.15) is 26.3 Å². The summed E-state index contributed by atoms with van der Waals surface area (Å²) in [4.78, 5) is 11.9. The van der Waals surface area contributed by atoms with E-state index in [1.807, 2.05) is 31.2 Å². The number of fused-ring (bicyclic) bond motifs is 1. The first-order valence-electron chi connectivity index (χ1n) is 6.69. The molecule has 0 saturated heterocycles. The zero-order valence-corrected chi connectivity index (χ0v) is 11.6. The molecule has 1 aromatic carbocycles. The summed E-state index contributed by atoms with van der Waals surface area (Å²) in [7, 11) is 0. The number of rotatable bonds is 4. The Kier molecular flexibility index (Phi) is 3.80. The summed E-state index contributed by atoms with van der Waals surface area (Å²) in [5, 5.41) is 13.1. The number of nitrogens with one attached hydrogen (secondary N) is 1. The van der Waals surface area contributed by atoms with Crippen LogP contribution in [0.15, 0.2) is 24.3 Å². The van der Waals surface area contributed by atoms with E-state index in [2.05, 4.69) is 19.2 Å². The number of para-hydroxylation sites is 1. The molecule has 4 heteroatoms. The highest BCUT2D eigenvalue weighted by Crippen LogP contribution is 2.40. The number of carbonyl (C=O) groups is 1. The first-order chi connectivity index (χ1) is 8.98. The Morgan fingerprint density at radius 3 is 2.84 bits per heavy atom. The van der Waals surface area contributed by atoms with Gasteiger partial charge in [0.1, 0.15) is 5.75 Å². The van der Waals surface area contributed by atoms with Crippen LogP contribution in [-0.2, 0) is 10.3 Å². The van der Waals surface area contributed by atoms with Crippen LogP contribution in [-0.4, -0.2) is 24.2 Å². The van der Waals surface area contributed by atoms with Crippen molar-refractivity contribution in [2.24, 2.45) is 11.8 Å². The average Bonchev–Trinajstić information content (AvgIpc) is 2.37. The number of ether oxygens (including phenoxy) is 1. The molecular weight excluding hydrogens is 242 g/mol. The van der Waals surface area contributed by atoms with Gasteiger partial charge in [-0.3, -0.25) is 5.32 Å². The molecule has 2 atom stereocenters. The van der Waals surface area contributed by atoms with Gasteiger partial charge in [0.25, 0.3) is 0 Å². The summed E-state index contributed by atoms with van der Waals surface area (Å²) in [5.41, 5.74) is -0.332. The van der Waals surface area contributed by atoms with Crippen molar-refractivity contribution in [1.29, 1.82) is 0 Å². The summed E-state index contributed by atoms with van der Waals surface area (Å²) in [6.45, 7) is 7.12. The first-order valence-corrected chi connectivity index (χ1v) is 6.69. The molecule has 2 N–H and O–H groups in total. The van der Waals surface area contributed by atoms with Crippen molar-refractivity contribution in [3.63, 3.8) is 0 Å². The number of benzene rings is 1. The molecule has 19 heavy (non-hydrogen) atoms. The molecule has 1 aliphatic heterocycles. The summed E-state index contributed by atoms with van der Waals surface area (Å²) in [6, 6.07) is 7.39. The molecule has 104 valence electrons. The second-order valence-electron chi connectivity index (χ2n) is 5.60. The maximum atomic E-state index is 11.9. The van der Waals surface area contributed by atoms with E-state index in [1.165, 1.54) is 0 Å². The summed E-state index contributed by atoms with van der Waals surface area (Å²) >= 11 is 0. The Labute approximate surface area is 113 Å². The normalized spacial score (nSPS) is 25.8. The number of aliphatic carboxylic acids is 1. The molecular formula is C15H21NO3. The van der Waals surface area contributed by atoms with Crippen molar-refractivity contribution in [3.05, 3.63) is 29.8 Å². The fourth-order valence-corrected chi connectivity index (χ4v) is 2.56. The average molecular weight is 263 g/mol. The molecule has 0 amide bonds. The van der Waals surface area contributed by atoms with Crippen LogP contribution in [0.2, 0.25) is 0 Å². The van der Waals surface area contributed by atoms with Gasteiger partial charge in [0.05, 0.1) is 6.61 Å². The molecule has 0 saturated carbocycles. The summed E-state index contributed by atoms with van der Waals surface area (Å²) in [5.74, 6) is 0.0905. The lowest BCUT2D eigenvalue weighted by molar-refractivity contribution is -0.149. The maximum absolute atomic E-state index is 11.9. The highest BCUT2D eigenvalue weighted by molar-refractivity contribution is 5.83. The number of hydrogen-bond donors (Lipinski definition) is 2. The third-order valence-corrected chi connectivity index (χ3v) is 3.67. The molecule has 0 spiro atoms. The minimum absolute atomic E-state index is 0.126. The van der Waals surface area contributed by atoms with E-state index in [-0.39, 0.29) is 5.92 Å². The van der Waals surface area contributed by atoms with Crippen molar-refractivity contribution in [2.45, 2.75) is 26.3 Å². The molecule has 1 aromatic rings. The van der Waals surface area contributed by atoms with Gasteiger partial charge in [-0.05, 0) is 18.5 Å². The van der Waals surface area contributed by atoms with Crippen molar-refractivity contribution < 1.29 is 14.6 Å². The van der Waals surface area contributed by atoms with Gasteiger partial charge in [-0.15, -0.1) is 0 Å². The van der Waals surface area contributed by atoms with E-state index in [0.29, 0.717) is 24.8 Å². The zero-order chi connectivity index (χ0) is 14.0. The van der Waals surface area contributed by atoms with Gasteiger partial charge in [0.15, 0.2) is 5.54 Å². The van der Waals surface area contributed by atoms with Crippen LogP contribution in [0.4, 0.5) is 0 Å². The number of hydrogen-bond acceptors (Lipinski definition) is 3. The van der Waals surface area contributed by atoms with Crippen molar-refractivity contribution in [3.8, 4) is 5.75 Å². The SMILES string of the molecule is CC(C)CNC1(C(=O)O)c2ccccc2OCC1C. The van der Waals surface area contributed by atoms with Gasteiger partial charge in [0.2, 0.25) is 0 Å². The number of carboxylic acids is 1. The highest BCUT2D eigenvalue weighted by atomic mass is 16.5. The van der Waals surface area contributed by atoms with Gasteiger partial charge in [-0.2, -0.15) is 0 Å². The van der Waals surface area contributed by atoms with Crippen molar-refractivity contribution in [1.82, 2.24) is 5.32 Å². The van der Waals surface area contributed by atoms with Crippen LogP contribution in [0.3, 0.4) is 0 Å². The van der Waals surface area contributed by atoms with Crippen LogP contribution in [0.5, 0.6) is 5.75 Å². The zero-order valence-electron chi connectivity index (χ0n) is 11.6. The Morgan fingerprint density at radius 1 is 1.53 bits per heavy atom. The molecule has 1 heterocycles. The quantitative estimate of drug-likeness (QED) is 0.874. The van der Waals surface area contributed by atoms with Crippen LogP contribution in [0.25, 0.3) is 0 Å². The lowest BCUT2D eigenvalue weighted by atomic mass is 9.77. The van der Waals surface area contributed by atoms with E-state index < -0.39 is 11.5 Å². The smallest absolute Gasteiger partial charge is 0.329 e. The lowest BCUT2D eigenvalue weighted by Crippen LogP contribution is -2.58. The second-order valence-corrected chi connectivity index (χ2v) is 5.60. The Morgan fingerprint density at radius 2 is 2.21 bits per heavy atom. The fourth-order valence-electron chi connectivity index (χ4n) is 2.56. The minimum Gasteiger partial charge on any atom is -0.493 e. The fraction of sp³-hybridized carbons (Fsp3) is 0.533. The first kappa shape index (κ1) is 13.9.